The number of carbonyl (C=O) groups excluding carboxylic acids is 3. The molecule has 0 radical (unpaired) electrons. The maximum Gasteiger partial charge on any atom is 0.244 e. The second-order valence-electron chi connectivity index (χ2n) is 7.64. The van der Waals surface area contributed by atoms with Crippen molar-refractivity contribution >= 4 is 52.6 Å². The molecular weight excluding hydrogens is 434 g/mol. The van der Waals surface area contributed by atoms with Crippen molar-refractivity contribution in [2.24, 2.45) is 0 Å². The molecule has 0 spiro atoms. The predicted molar refractivity (Wildman–Crippen MR) is 123 cm³/mol. The number of fused-ring (bicyclic) bond motifs is 1. The van der Waals surface area contributed by atoms with E-state index in [0.717, 1.165) is 37.4 Å². The monoisotopic (exact) mass is 457 g/mol. The van der Waals surface area contributed by atoms with Crippen LogP contribution in [0.1, 0.15) is 36.8 Å². The van der Waals surface area contributed by atoms with Gasteiger partial charge in [0.05, 0.1) is 11.4 Å². The van der Waals surface area contributed by atoms with Gasteiger partial charge in [-0.3, -0.25) is 14.4 Å². The molecule has 3 heterocycles. The van der Waals surface area contributed by atoms with Crippen LogP contribution in [0.4, 0.5) is 11.4 Å². The maximum absolute atomic E-state index is 12.2. The summed E-state index contributed by atoms with van der Waals surface area (Å²) in [6.07, 6.45) is 3.22. The second-order valence-corrected chi connectivity index (χ2v) is 9.03. The van der Waals surface area contributed by atoms with E-state index < -0.39 is 0 Å². The SMILES string of the molecule is O=C1CCC(=O)N1Cl.O=C1CCCN1c1cc(SCc2ccccc2)cc2c1NCC2. The van der Waals surface area contributed by atoms with Crippen LogP contribution in [0.15, 0.2) is 47.4 Å². The Morgan fingerprint density at radius 3 is 2.29 bits per heavy atom. The number of hydrogen-bond acceptors (Lipinski definition) is 5. The Morgan fingerprint density at radius 1 is 0.935 bits per heavy atom. The molecule has 2 saturated heterocycles. The highest BCUT2D eigenvalue weighted by atomic mass is 35.5. The first kappa shape index (κ1) is 21.7. The summed E-state index contributed by atoms with van der Waals surface area (Å²) < 4.78 is 0.639. The van der Waals surface area contributed by atoms with E-state index in [4.69, 9.17) is 11.8 Å². The number of halogens is 1. The molecule has 0 saturated carbocycles. The van der Waals surface area contributed by atoms with Gasteiger partial charge in [-0.25, -0.2) is 0 Å². The van der Waals surface area contributed by atoms with Gasteiger partial charge in [-0.2, -0.15) is 4.42 Å². The van der Waals surface area contributed by atoms with Gasteiger partial charge in [-0.05, 0) is 36.1 Å². The quantitative estimate of drug-likeness (QED) is 0.419. The third-order valence-electron chi connectivity index (χ3n) is 5.47. The Balaban J connectivity index is 0.000000245. The molecule has 1 N–H and O–H groups in total. The Kier molecular flexibility index (Phi) is 6.83. The normalized spacial score (nSPS) is 17.5. The van der Waals surface area contributed by atoms with E-state index in [1.165, 1.54) is 21.7 Å². The van der Waals surface area contributed by atoms with E-state index in [-0.39, 0.29) is 30.6 Å². The molecule has 2 aromatic rings. The lowest BCUT2D eigenvalue weighted by Crippen LogP contribution is -2.24. The number of hydrogen-bond donors (Lipinski definition) is 1. The number of thioether (sulfide) groups is 1. The molecule has 2 aromatic carbocycles. The number of nitrogens with zero attached hydrogens (tertiary/aromatic N) is 2. The number of rotatable bonds is 4. The Morgan fingerprint density at radius 2 is 1.68 bits per heavy atom. The number of imide groups is 1. The van der Waals surface area contributed by atoms with Gasteiger partial charge in [0.2, 0.25) is 17.7 Å². The van der Waals surface area contributed by atoms with Crippen LogP contribution >= 0.6 is 23.5 Å². The zero-order chi connectivity index (χ0) is 21.8. The van der Waals surface area contributed by atoms with Crippen molar-refractivity contribution in [2.75, 3.05) is 23.3 Å². The van der Waals surface area contributed by atoms with Crippen molar-refractivity contribution < 1.29 is 14.4 Å². The summed E-state index contributed by atoms with van der Waals surface area (Å²) in [7, 11) is 0. The van der Waals surface area contributed by atoms with Gasteiger partial charge in [-0.15, -0.1) is 11.8 Å². The lowest BCUT2D eigenvalue weighted by Gasteiger charge is -2.20. The molecule has 0 aromatic heterocycles. The van der Waals surface area contributed by atoms with Crippen molar-refractivity contribution in [2.45, 2.75) is 42.8 Å². The first-order valence-electron chi connectivity index (χ1n) is 10.4. The van der Waals surface area contributed by atoms with Crippen molar-refractivity contribution in [3.63, 3.8) is 0 Å². The van der Waals surface area contributed by atoms with Crippen molar-refractivity contribution in [1.82, 2.24) is 4.42 Å². The molecule has 3 aliphatic rings. The van der Waals surface area contributed by atoms with Crippen LogP contribution in [0.25, 0.3) is 0 Å². The molecule has 0 unspecified atom stereocenters. The van der Waals surface area contributed by atoms with Crippen molar-refractivity contribution in [1.29, 1.82) is 0 Å². The van der Waals surface area contributed by atoms with Crippen LogP contribution in [-0.2, 0) is 26.6 Å². The first-order chi connectivity index (χ1) is 15.0. The number of nitrogens with one attached hydrogen (secondary N) is 1. The second kappa shape index (κ2) is 9.75. The Bertz CT molecular complexity index is 983. The fraction of sp³-hybridized carbons (Fsp3) is 0.348. The van der Waals surface area contributed by atoms with Crippen LogP contribution in [0.3, 0.4) is 0 Å². The standard InChI is InChI=1S/C19H20N2OS.C4H4ClNO2/c22-18-7-4-10-21(18)17-12-16(11-15-8-9-20-19(15)17)23-13-14-5-2-1-3-6-14;5-6-3(7)1-2-4(6)8/h1-3,5-6,11-12,20H,4,7-10,13H2;1-2H2. The minimum atomic E-state index is -0.295. The van der Waals surface area contributed by atoms with Crippen LogP contribution in [-0.4, -0.2) is 35.2 Å². The molecule has 3 aliphatic heterocycles. The zero-order valence-corrected chi connectivity index (χ0v) is 18.7. The highest BCUT2D eigenvalue weighted by Crippen LogP contribution is 2.40. The average Bonchev–Trinajstić information content (AvgIpc) is 3.50. The summed E-state index contributed by atoms with van der Waals surface area (Å²) in [4.78, 5) is 36.1. The van der Waals surface area contributed by atoms with Crippen LogP contribution in [0, 0.1) is 0 Å². The van der Waals surface area contributed by atoms with Gasteiger partial charge in [0.25, 0.3) is 0 Å². The molecule has 2 fully saturated rings. The first-order valence-corrected chi connectivity index (χ1v) is 11.7. The molecule has 5 rings (SSSR count). The number of benzene rings is 2. The van der Waals surface area contributed by atoms with Gasteiger partial charge in [-0.1, -0.05) is 30.3 Å². The molecule has 31 heavy (non-hydrogen) atoms. The van der Waals surface area contributed by atoms with E-state index in [9.17, 15) is 14.4 Å². The summed E-state index contributed by atoms with van der Waals surface area (Å²) in [5.74, 6) is 0.625. The Labute approximate surface area is 191 Å². The van der Waals surface area contributed by atoms with Gasteiger partial charge in [0.1, 0.15) is 0 Å². The molecule has 162 valence electrons. The van der Waals surface area contributed by atoms with E-state index in [1.807, 2.05) is 22.7 Å². The van der Waals surface area contributed by atoms with Crippen LogP contribution in [0.2, 0.25) is 0 Å². The van der Waals surface area contributed by atoms with Gasteiger partial charge in [0, 0.05) is 54.8 Å². The molecule has 3 amide bonds. The lowest BCUT2D eigenvalue weighted by atomic mass is 10.1. The summed E-state index contributed by atoms with van der Waals surface area (Å²) in [6.45, 7) is 1.82. The van der Waals surface area contributed by atoms with Gasteiger partial charge in [0.15, 0.2) is 0 Å². The van der Waals surface area contributed by atoms with Gasteiger partial charge < -0.3 is 10.2 Å². The minimum Gasteiger partial charge on any atom is -0.383 e. The Hall–Kier alpha value is -2.51. The number of amides is 3. The van der Waals surface area contributed by atoms with E-state index in [2.05, 4.69) is 41.7 Å². The van der Waals surface area contributed by atoms with E-state index >= 15 is 0 Å². The molecule has 6 nitrogen and oxygen atoms in total. The molecule has 8 heteroatoms. The third-order valence-corrected chi connectivity index (χ3v) is 6.90. The number of anilines is 2. The smallest absolute Gasteiger partial charge is 0.244 e. The van der Waals surface area contributed by atoms with Crippen molar-refractivity contribution in [3.8, 4) is 0 Å². The predicted octanol–water partition coefficient (Wildman–Crippen LogP) is 4.36. The lowest BCUT2D eigenvalue weighted by molar-refractivity contribution is -0.132. The van der Waals surface area contributed by atoms with E-state index in [1.54, 1.807) is 0 Å². The zero-order valence-electron chi connectivity index (χ0n) is 17.1. The molecule has 0 aliphatic carbocycles. The number of carbonyl (C=O) groups is 3. The average molecular weight is 458 g/mol. The third kappa shape index (κ3) is 5.05. The highest BCUT2D eigenvalue weighted by molar-refractivity contribution is 7.98. The summed E-state index contributed by atoms with van der Waals surface area (Å²) in [5.41, 5.74) is 4.93. The molecule has 0 bridgehead atoms. The highest BCUT2D eigenvalue weighted by Gasteiger charge is 2.28. The van der Waals surface area contributed by atoms with Gasteiger partial charge >= 0.3 is 0 Å². The summed E-state index contributed by atoms with van der Waals surface area (Å²) in [5, 5.41) is 3.46. The van der Waals surface area contributed by atoms with Crippen molar-refractivity contribution in [3.05, 3.63) is 53.6 Å². The molecular formula is C23H24ClN3O3S. The van der Waals surface area contributed by atoms with Crippen LogP contribution in [0.5, 0.6) is 0 Å². The molecule has 0 atom stereocenters. The summed E-state index contributed by atoms with van der Waals surface area (Å²) >= 11 is 7.00. The van der Waals surface area contributed by atoms with Crippen LogP contribution < -0.4 is 10.2 Å². The van der Waals surface area contributed by atoms with E-state index in [0.29, 0.717) is 10.8 Å². The maximum atomic E-state index is 12.2. The largest absolute Gasteiger partial charge is 0.383 e. The fourth-order valence-corrected chi connectivity index (χ4v) is 4.99. The summed E-state index contributed by atoms with van der Waals surface area (Å²) in [6, 6.07) is 15.0. The topological polar surface area (TPSA) is 69.7 Å². The minimum absolute atomic E-state index is 0.256. The fourth-order valence-electron chi connectivity index (χ4n) is 3.87.